The Bertz CT molecular complexity index is 539. The Morgan fingerprint density at radius 3 is 2.73 bits per heavy atom. The molecule has 0 spiro atoms. The molecule has 0 bridgehead atoms. The Balaban J connectivity index is 2.06. The monoisotopic (exact) mass is 306 g/mol. The Morgan fingerprint density at radius 1 is 1.45 bits per heavy atom. The molecule has 1 saturated heterocycles. The minimum absolute atomic E-state index is 0.0952. The Labute approximate surface area is 130 Å². The molecule has 0 radical (unpaired) electrons. The zero-order chi connectivity index (χ0) is 16.3. The molecule has 0 aromatic carbocycles. The van der Waals surface area contributed by atoms with Crippen molar-refractivity contribution in [2.24, 2.45) is 5.92 Å². The molecule has 0 aliphatic carbocycles. The van der Waals surface area contributed by atoms with E-state index < -0.39 is 23.7 Å². The van der Waals surface area contributed by atoms with E-state index in [1.54, 1.807) is 33.2 Å². The fraction of sp³-hybridized carbons (Fsp3) is 0.562. The van der Waals surface area contributed by atoms with E-state index >= 15 is 0 Å². The lowest BCUT2D eigenvalue weighted by molar-refractivity contribution is -0.142. The van der Waals surface area contributed by atoms with E-state index in [2.05, 4.69) is 4.98 Å². The van der Waals surface area contributed by atoms with Crippen molar-refractivity contribution in [3.63, 3.8) is 0 Å². The predicted molar refractivity (Wildman–Crippen MR) is 80.4 cm³/mol. The van der Waals surface area contributed by atoms with Gasteiger partial charge in [-0.05, 0) is 51.2 Å². The van der Waals surface area contributed by atoms with Gasteiger partial charge in [0.05, 0.1) is 0 Å². The molecule has 1 aromatic rings. The number of amides is 1. The van der Waals surface area contributed by atoms with Crippen LogP contribution in [0.25, 0.3) is 0 Å². The third-order valence-electron chi connectivity index (χ3n) is 3.55. The maximum Gasteiger partial charge on any atom is 0.411 e. The van der Waals surface area contributed by atoms with Crippen LogP contribution in [-0.2, 0) is 16.0 Å². The van der Waals surface area contributed by atoms with E-state index in [9.17, 15) is 14.7 Å². The topological polar surface area (TPSA) is 79.7 Å². The van der Waals surface area contributed by atoms with Gasteiger partial charge in [-0.2, -0.15) is 0 Å². The first-order valence-corrected chi connectivity index (χ1v) is 7.37. The van der Waals surface area contributed by atoms with Gasteiger partial charge in [-0.3, -0.25) is 9.88 Å². The predicted octanol–water partition coefficient (Wildman–Crippen LogP) is 2.33. The summed E-state index contributed by atoms with van der Waals surface area (Å²) in [4.78, 5) is 29.0. The third-order valence-corrected chi connectivity index (χ3v) is 3.55. The quantitative estimate of drug-likeness (QED) is 0.927. The van der Waals surface area contributed by atoms with E-state index in [4.69, 9.17) is 4.74 Å². The van der Waals surface area contributed by atoms with Crippen LogP contribution < -0.4 is 0 Å². The van der Waals surface area contributed by atoms with Crippen LogP contribution in [0.2, 0.25) is 0 Å². The summed E-state index contributed by atoms with van der Waals surface area (Å²) in [5.74, 6) is -0.891. The fourth-order valence-corrected chi connectivity index (χ4v) is 2.68. The summed E-state index contributed by atoms with van der Waals surface area (Å²) in [6.07, 6.45) is 4.05. The van der Waals surface area contributed by atoms with Crippen LogP contribution in [0.5, 0.6) is 0 Å². The highest BCUT2D eigenvalue weighted by atomic mass is 16.6. The van der Waals surface area contributed by atoms with Crippen LogP contribution in [-0.4, -0.2) is 45.2 Å². The average molecular weight is 306 g/mol. The Kier molecular flexibility index (Phi) is 4.68. The molecule has 2 rings (SSSR count). The van der Waals surface area contributed by atoms with E-state index in [0.29, 0.717) is 19.4 Å². The van der Waals surface area contributed by atoms with Crippen LogP contribution >= 0.6 is 0 Å². The van der Waals surface area contributed by atoms with Crippen molar-refractivity contribution in [2.75, 3.05) is 6.54 Å². The summed E-state index contributed by atoms with van der Waals surface area (Å²) in [5.41, 5.74) is 0.407. The normalized spacial score (nSPS) is 21.7. The number of pyridine rings is 1. The van der Waals surface area contributed by atoms with E-state index in [1.807, 2.05) is 12.1 Å². The molecule has 1 amide bonds. The van der Waals surface area contributed by atoms with E-state index in [1.165, 1.54) is 4.90 Å². The molecule has 2 atom stereocenters. The molecule has 6 heteroatoms. The SMILES string of the molecule is CC(C)(C)OC(=O)N1CC(Cc2cccnc2)C[C@@H]1C(=O)O. The molecule has 1 aliphatic heterocycles. The van der Waals surface area contributed by atoms with E-state index in [-0.39, 0.29) is 5.92 Å². The number of carboxylic acids is 1. The number of aromatic nitrogens is 1. The van der Waals surface area contributed by atoms with Crippen molar-refractivity contribution in [3.05, 3.63) is 30.1 Å². The first-order valence-electron chi connectivity index (χ1n) is 7.37. The van der Waals surface area contributed by atoms with Gasteiger partial charge in [0.2, 0.25) is 0 Å². The van der Waals surface area contributed by atoms with Gasteiger partial charge in [-0.1, -0.05) is 6.07 Å². The highest BCUT2D eigenvalue weighted by molar-refractivity contribution is 5.81. The third kappa shape index (κ3) is 4.19. The average Bonchev–Trinajstić information content (AvgIpc) is 2.82. The fourth-order valence-electron chi connectivity index (χ4n) is 2.68. The van der Waals surface area contributed by atoms with Gasteiger partial charge in [0.1, 0.15) is 11.6 Å². The number of carboxylic acid groups (broad SMARTS) is 1. The lowest BCUT2D eigenvalue weighted by Gasteiger charge is -2.26. The summed E-state index contributed by atoms with van der Waals surface area (Å²) in [7, 11) is 0. The highest BCUT2D eigenvalue weighted by Gasteiger charge is 2.41. The van der Waals surface area contributed by atoms with Crippen LogP contribution in [0, 0.1) is 5.92 Å². The molecular formula is C16H22N2O4. The smallest absolute Gasteiger partial charge is 0.411 e. The number of aliphatic carboxylic acids is 1. The van der Waals surface area contributed by atoms with Crippen LogP contribution in [0.1, 0.15) is 32.8 Å². The minimum atomic E-state index is -0.987. The molecular weight excluding hydrogens is 284 g/mol. The van der Waals surface area contributed by atoms with Gasteiger partial charge in [0.15, 0.2) is 0 Å². The number of hydrogen-bond donors (Lipinski definition) is 1. The van der Waals surface area contributed by atoms with Gasteiger partial charge in [0, 0.05) is 18.9 Å². The number of hydrogen-bond acceptors (Lipinski definition) is 4. The number of rotatable bonds is 3. The first-order chi connectivity index (χ1) is 10.3. The van der Waals surface area contributed by atoms with Crippen molar-refractivity contribution in [2.45, 2.75) is 45.3 Å². The van der Waals surface area contributed by atoms with Crippen molar-refractivity contribution in [3.8, 4) is 0 Å². The molecule has 2 heterocycles. The zero-order valence-corrected chi connectivity index (χ0v) is 13.2. The second kappa shape index (κ2) is 6.34. The van der Waals surface area contributed by atoms with Crippen LogP contribution in [0.3, 0.4) is 0 Å². The summed E-state index contributed by atoms with van der Waals surface area (Å²) in [6, 6.07) is 2.99. The molecule has 1 unspecified atom stereocenters. The van der Waals surface area contributed by atoms with Crippen LogP contribution in [0.4, 0.5) is 4.79 Å². The van der Waals surface area contributed by atoms with Crippen molar-refractivity contribution < 1.29 is 19.4 Å². The molecule has 0 saturated carbocycles. The summed E-state index contributed by atoms with van der Waals surface area (Å²) < 4.78 is 5.31. The Hall–Kier alpha value is -2.11. The molecule has 1 aromatic heterocycles. The zero-order valence-electron chi connectivity index (χ0n) is 13.2. The van der Waals surface area contributed by atoms with E-state index in [0.717, 1.165) is 5.56 Å². The second-order valence-electron chi connectivity index (χ2n) is 6.65. The Morgan fingerprint density at radius 2 is 2.18 bits per heavy atom. The standard InChI is InChI=1S/C16H22N2O4/c1-16(2,3)22-15(21)18-10-12(8-13(18)14(19)20)7-11-5-4-6-17-9-11/h4-6,9,12-13H,7-8,10H2,1-3H3,(H,19,20)/t12?,13-/m1/s1. The number of ether oxygens (including phenoxy) is 1. The second-order valence-corrected chi connectivity index (χ2v) is 6.65. The molecule has 6 nitrogen and oxygen atoms in total. The molecule has 1 aliphatic rings. The number of carbonyl (C=O) groups excluding carboxylic acids is 1. The molecule has 22 heavy (non-hydrogen) atoms. The number of likely N-dealkylation sites (tertiary alicyclic amines) is 1. The van der Waals surface area contributed by atoms with Gasteiger partial charge in [-0.15, -0.1) is 0 Å². The lowest BCUT2D eigenvalue weighted by atomic mass is 9.98. The number of nitrogens with zero attached hydrogens (tertiary/aromatic N) is 2. The maximum atomic E-state index is 12.2. The van der Waals surface area contributed by atoms with Crippen molar-refractivity contribution in [1.29, 1.82) is 0 Å². The summed E-state index contributed by atoms with van der Waals surface area (Å²) in [6.45, 7) is 5.69. The molecule has 1 N–H and O–H groups in total. The lowest BCUT2D eigenvalue weighted by Crippen LogP contribution is -2.43. The van der Waals surface area contributed by atoms with Crippen LogP contribution in [0.15, 0.2) is 24.5 Å². The van der Waals surface area contributed by atoms with Crippen molar-refractivity contribution >= 4 is 12.1 Å². The van der Waals surface area contributed by atoms with Gasteiger partial charge >= 0.3 is 12.1 Å². The van der Waals surface area contributed by atoms with Crippen molar-refractivity contribution in [1.82, 2.24) is 9.88 Å². The molecule has 120 valence electrons. The van der Waals surface area contributed by atoms with Gasteiger partial charge < -0.3 is 9.84 Å². The number of carbonyl (C=O) groups is 2. The summed E-state index contributed by atoms with van der Waals surface area (Å²) >= 11 is 0. The maximum absolute atomic E-state index is 12.2. The minimum Gasteiger partial charge on any atom is -0.480 e. The van der Waals surface area contributed by atoms with Gasteiger partial charge in [-0.25, -0.2) is 9.59 Å². The largest absolute Gasteiger partial charge is 0.480 e. The summed E-state index contributed by atoms with van der Waals surface area (Å²) in [5, 5.41) is 9.35. The van der Waals surface area contributed by atoms with Gasteiger partial charge in [0.25, 0.3) is 0 Å². The highest BCUT2D eigenvalue weighted by Crippen LogP contribution is 2.28. The first kappa shape index (κ1) is 16.3. The molecule has 1 fully saturated rings.